The number of halogens is 2. The highest BCUT2D eigenvalue weighted by atomic mass is 19.1. The number of hydrogen-bond donors (Lipinski definition) is 4. The minimum Gasteiger partial charge on any atom is -0.490 e. The molecule has 5 N–H and O–H groups in total. The molecule has 1 atom stereocenters. The fourth-order valence-corrected chi connectivity index (χ4v) is 3.31. The van der Waals surface area contributed by atoms with Crippen LogP contribution in [-0.2, 0) is 0 Å². The van der Waals surface area contributed by atoms with Gasteiger partial charge in [0.05, 0.1) is 35.9 Å². The summed E-state index contributed by atoms with van der Waals surface area (Å²) in [6.45, 7) is 0.338. The summed E-state index contributed by atoms with van der Waals surface area (Å²) in [6, 6.07) is 8.34. The smallest absolute Gasteiger partial charge is 0.229 e. The van der Waals surface area contributed by atoms with Crippen LogP contribution in [0.2, 0.25) is 0 Å². The van der Waals surface area contributed by atoms with Crippen LogP contribution in [0.15, 0.2) is 42.6 Å². The van der Waals surface area contributed by atoms with E-state index in [0.717, 1.165) is 0 Å². The molecule has 0 saturated heterocycles. The van der Waals surface area contributed by atoms with Crippen molar-refractivity contribution in [3.63, 3.8) is 0 Å². The average Bonchev–Trinajstić information content (AvgIpc) is 2.73. The first-order valence-corrected chi connectivity index (χ1v) is 9.55. The number of rotatable bonds is 5. The lowest BCUT2D eigenvalue weighted by Gasteiger charge is -2.27. The maximum atomic E-state index is 14.1. The van der Waals surface area contributed by atoms with E-state index < -0.39 is 11.6 Å². The number of anilines is 5. The lowest BCUT2D eigenvalue weighted by Crippen LogP contribution is -2.22. The number of carbonyl (C=O) groups excluding carboxylic acids is 1. The molecule has 8 nitrogen and oxygen atoms in total. The van der Waals surface area contributed by atoms with Crippen LogP contribution in [0.3, 0.4) is 0 Å². The summed E-state index contributed by atoms with van der Waals surface area (Å²) in [7, 11) is 1.35. The molecule has 158 valence electrons. The number of nitrogen functional groups attached to an aromatic ring is 1. The second-order valence-electron chi connectivity index (χ2n) is 6.99. The van der Waals surface area contributed by atoms with Crippen molar-refractivity contribution in [2.75, 3.05) is 28.3 Å². The van der Waals surface area contributed by atoms with Crippen molar-refractivity contribution in [3.05, 3.63) is 59.8 Å². The minimum absolute atomic E-state index is 0.139. The summed E-state index contributed by atoms with van der Waals surface area (Å²) in [5.41, 5.74) is 7.64. The van der Waals surface area contributed by atoms with Crippen molar-refractivity contribution in [1.82, 2.24) is 9.97 Å². The molecule has 31 heavy (non-hydrogen) atoms. The van der Waals surface area contributed by atoms with Gasteiger partial charge in [0.2, 0.25) is 13.8 Å². The Kier molecular flexibility index (Phi) is 5.57. The molecule has 1 aliphatic heterocycles. The zero-order valence-corrected chi connectivity index (χ0v) is 16.6. The van der Waals surface area contributed by atoms with Gasteiger partial charge in [0.25, 0.3) is 0 Å². The molecule has 0 radical (unpaired) electrons. The predicted molar refractivity (Wildman–Crippen MR) is 117 cm³/mol. The Morgan fingerprint density at radius 2 is 2.06 bits per heavy atom. The van der Waals surface area contributed by atoms with Gasteiger partial charge in [0.15, 0.2) is 23.2 Å². The van der Waals surface area contributed by atoms with Gasteiger partial charge in [-0.25, -0.2) is 13.8 Å². The third-order valence-electron chi connectivity index (χ3n) is 4.69. The first-order chi connectivity index (χ1) is 14.9. The van der Waals surface area contributed by atoms with Crippen LogP contribution in [0, 0.1) is 11.6 Å². The van der Waals surface area contributed by atoms with Gasteiger partial charge in [0, 0.05) is 12.0 Å². The van der Waals surface area contributed by atoms with Gasteiger partial charge < -0.3 is 26.4 Å². The van der Waals surface area contributed by atoms with E-state index >= 15 is 0 Å². The van der Waals surface area contributed by atoms with Crippen LogP contribution in [0.5, 0.6) is 5.75 Å². The number of benzene rings is 2. The Hall–Kier alpha value is -3.89. The highest BCUT2D eigenvalue weighted by Gasteiger charge is 2.25. The Labute approximate surface area is 177 Å². The van der Waals surface area contributed by atoms with Crippen LogP contribution in [-0.4, -0.2) is 30.2 Å². The number of amides is 1. The van der Waals surface area contributed by atoms with Gasteiger partial charge in [0.1, 0.15) is 5.82 Å². The van der Waals surface area contributed by atoms with Crippen molar-refractivity contribution >= 4 is 42.5 Å². The SMILES string of the molecule is BC(=O)Nc1ccc(F)cc1Nc1ncc(N)c(NC2CCOc3c(F)cccc32)n1. The normalized spacial score (nSPS) is 14.8. The number of para-hydroxylation sites is 1. The molecule has 2 heterocycles. The van der Waals surface area contributed by atoms with Gasteiger partial charge >= 0.3 is 0 Å². The van der Waals surface area contributed by atoms with Gasteiger partial charge in [-0.3, -0.25) is 4.79 Å². The molecule has 1 amide bonds. The summed E-state index contributed by atoms with van der Waals surface area (Å²) in [5.74, 6) is -0.556. The van der Waals surface area contributed by atoms with Crippen molar-refractivity contribution < 1.29 is 18.3 Å². The maximum Gasteiger partial charge on any atom is 0.229 e. The summed E-state index contributed by atoms with van der Waals surface area (Å²) in [6.07, 6.45) is 1.99. The minimum atomic E-state index is -0.494. The maximum absolute atomic E-state index is 14.1. The zero-order valence-electron chi connectivity index (χ0n) is 16.6. The molecule has 4 rings (SSSR count). The lowest BCUT2D eigenvalue weighted by atomic mass is 10.0. The molecule has 2 aromatic carbocycles. The summed E-state index contributed by atoms with van der Waals surface area (Å²) >= 11 is 0. The second kappa shape index (κ2) is 8.46. The van der Waals surface area contributed by atoms with Gasteiger partial charge in [-0.1, -0.05) is 12.1 Å². The monoisotopic (exact) mass is 424 g/mol. The average molecular weight is 424 g/mol. The van der Waals surface area contributed by atoms with Crippen molar-refractivity contribution in [1.29, 1.82) is 0 Å². The van der Waals surface area contributed by atoms with E-state index in [1.807, 2.05) is 0 Å². The lowest BCUT2D eigenvalue weighted by molar-refractivity contribution is 0.260. The Bertz CT molecular complexity index is 1150. The van der Waals surface area contributed by atoms with E-state index in [0.29, 0.717) is 30.1 Å². The Balaban J connectivity index is 1.61. The van der Waals surface area contributed by atoms with Crippen molar-refractivity contribution in [2.24, 2.45) is 0 Å². The number of aromatic nitrogens is 2. The van der Waals surface area contributed by atoms with Crippen LogP contribution in [0.25, 0.3) is 0 Å². The molecular formula is C20H19BF2N6O2. The first kappa shape index (κ1) is 20.4. The Morgan fingerprint density at radius 1 is 1.23 bits per heavy atom. The molecule has 1 aliphatic rings. The number of ether oxygens (including phenoxy) is 1. The van der Waals surface area contributed by atoms with E-state index in [4.69, 9.17) is 10.5 Å². The topological polar surface area (TPSA) is 114 Å². The quantitative estimate of drug-likeness (QED) is 0.465. The fraction of sp³-hybridized carbons (Fsp3) is 0.150. The standard InChI is InChI=1S/C20H19BF2N6O2/c21-19(30)27-15-5-4-10(22)8-16(15)28-20-25-9-13(24)18(29-20)26-14-6-7-31-17-11(14)2-1-3-12(17)23/h1-5,8-9,14H,6-7,21,24H2,(H,27,30)(H2,25,26,28,29). The molecule has 0 bridgehead atoms. The largest absolute Gasteiger partial charge is 0.490 e. The Morgan fingerprint density at radius 3 is 2.87 bits per heavy atom. The number of hydrogen-bond acceptors (Lipinski definition) is 7. The number of nitrogens with one attached hydrogen (secondary N) is 3. The highest BCUT2D eigenvalue weighted by Crippen LogP contribution is 2.37. The third-order valence-corrected chi connectivity index (χ3v) is 4.69. The number of nitrogens with two attached hydrogens (primary N) is 1. The van der Waals surface area contributed by atoms with E-state index in [1.165, 1.54) is 38.3 Å². The molecule has 0 aliphatic carbocycles. The van der Waals surface area contributed by atoms with Crippen LogP contribution in [0.1, 0.15) is 18.0 Å². The zero-order chi connectivity index (χ0) is 22.0. The molecule has 11 heteroatoms. The van der Waals surface area contributed by atoms with Crippen LogP contribution >= 0.6 is 0 Å². The molecule has 0 fully saturated rings. The van der Waals surface area contributed by atoms with E-state index in [-0.39, 0.29) is 34.9 Å². The number of nitrogens with zero attached hydrogens (tertiary/aromatic N) is 2. The molecule has 3 aromatic rings. The predicted octanol–water partition coefficient (Wildman–Crippen LogP) is 3.18. The van der Waals surface area contributed by atoms with E-state index in [1.54, 1.807) is 12.1 Å². The molecule has 0 spiro atoms. The van der Waals surface area contributed by atoms with Gasteiger partial charge in [-0.05, 0) is 24.3 Å². The summed E-state index contributed by atoms with van der Waals surface area (Å²) in [5, 5.41) is 8.72. The van der Waals surface area contributed by atoms with Crippen LogP contribution < -0.4 is 26.4 Å². The number of carbonyl (C=O) groups is 1. The van der Waals surface area contributed by atoms with E-state index in [9.17, 15) is 13.6 Å². The molecule has 1 unspecified atom stereocenters. The second-order valence-corrected chi connectivity index (χ2v) is 6.99. The third kappa shape index (κ3) is 4.50. The first-order valence-electron chi connectivity index (χ1n) is 9.55. The van der Waals surface area contributed by atoms with Gasteiger partial charge in [-0.2, -0.15) is 4.98 Å². The fourth-order valence-electron chi connectivity index (χ4n) is 3.31. The van der Waals surface area contributed by atoms with E-state index in [2.05, 4.69) is 25.9 Å². The molecule has 0 saturated carbocycles. The van der Waals surface area contributed by atoms with Crippen molar-refractivity contribution in [2.45, 2.75) is 12.5 Å². The summed E-state index contributed by atoms with van der Waals surface area (Å²) < 4.78 is 33.3. The molecule has 1 aromatic heterocycles. The van der Waals surface area contributed by atoms with Crippen molar-refractivity contribution in [3.8, 4) is 5.75 Å². The van der Waals surface area contributed by atoms with Gasteiger partial charge in [-0.15, -0.1) is 0 Å². The molecular weight excluding hydrogens is 405 g/mol. The number of fused-ring (bicyclic) bond motifs is 1. The summed E-state index contributed by atoms with van der Waals surface area (Å²) in [4.78, 5) is 19.9. The van der Waals surface area contributed by atoms with Crippen LogP contribution in [0.4, 0.5) is 42.4 Å². The highest BCUT2D eigenvalue weighted by molar-refractivity contribution is 6.60.